The summed E-state index contributed by atoms with van der Waals surface area (Å²) >= 11 is 1.36. The second-order valence-corrected chi connectivity index (χ2v) is 7.76. The highest BCUT2D eigenvalue weighted by Gasteiger charge is 2.16. The molecule has 0 unspecified atom stereocenters. The molecule has 1 heterocycles. The summed E-state index contributed by atoms with van der Waals surface area (Å²) in [5.41, 5.74) is 3.33. The van der Waals surface area contributed by atoms with Crippen molar-refractivity contribution in [1.29, 1.82) is 0 Å². The molecule has 0 bridgehead atoms. The zero-order chi connectivity index (χ0) is 22.5. The maximum Gasteiger partial charge on any atom is 0.234 e. The van der Waals surface area contributed by atoms with Gasteiger partial charge >= 0.3 is 0 Å². The smallest absolute Gasteiger partial charge is 0.234 e. The van der Waals surface area contributed by atoms with E-state index in [0.29, 0.717) is 17.2 Å². The standard InChI is InChI=1S/C24H23N3O4S/c1-29-17-10-8-16(9-11-17)27-21-7-5-4-6-19(21)26-24(27)32-15-23(28)25-20-14-18(30-2)12-13-22(20)31-3/h4-14H,15H2,1-3H3,(H,25,28). The lowest BCUT2D eigenvalue weighted by atomic mass is 10.2. The van der Waals surface area contributed by atoms with Gasteiger partial charge in [0.25, 0.3) is 0 Å². The van der Waals surface area contributed by atoms with Crippen molar-refractivity contribution in [3.05, 3.63) is 66.7 Å². The third-order valence-corrected chi connectivity index (χ3v) is 5.81. The molecule has 0 saturated heterocycles. The van der Waals surface area contributed by atoms with E-state index in [9.17, 15) is 4.79 Å². The second-order valence-electron chi connectivity index (χ2n) is 6.82. The van der Waals surface area contributed by atoms with Crippen molar-refractivity contribution >= 4 is 34.4 Å². The first-order chi connectivity index (χ1) is 15.6. The van der Waals surface area contributed by atoms with Gasteiger partial charge in [0.05, 0.1) is 43.8 Å². The van der Waals surface area contributed by atoms with Crippen LogP contribution in [0.25, 0.3) is 16.7 Å². The lowest BCUT2D eigenvalue weighted by Gasteiger charge is -2.12. The fraction of sp³-hybridized carbons (Fsp3) is 0.167. The number of nitrogens with zero attached hydrogens (tertiary/aromatic N) is 2. The van der Waals surface area contributed by atoms with E-state index in [1.165, 1.54) is 11.8 Å². The number of aromatic nitrogens is 2. The Morgan fingerprint density at radius 2 is 1.66 bits per heavy atom. The lowest BCUT2D eigenvalue weighted by molar-refractivity contribution is -0.113. The third-order valence-electron chi connectivity index (χ3n) is 4.87. The van der Waals surface area contributed by atoms with Crippen molar-refractivity contribution in [2.45, 2.75) is 5.16 Å². The number of thioether (sulfide) groups is 1. The van der Waals surface area contributed by atoms with Gasteiger partial charge in [0.2, 0.25) is 5.91 Å². The highest BCUT2D eigenvalue weighted by Crippen LogP contribution is 2.31. The number of hydrogen-bond donors (Lipinski definition) is 1. The van der Waals surface area contributed by atoms with E-state index in [-0.39, 0.29) is 11.7 Å². The van der Waals surface area contributed by atoms with E-state index in [2.05, 4.69) is 5.32 Å². The number of fused-ring (bicyclic) bond motifs is 1. The van der Waals surface area contributed by atoms with Crippen LogP contribution in [0.2, 0.25) is 0 Å². The summed E-state index contributed by atoms with van der Waals surface area (Å²) in [6, 6.07) is 20.9. The van der Waals surface area contributed by atoms with E-state index in [1.807, 2.05) is 53.1 Å². The number of nitrogens with one attached hydrogen (secondary N) is 1. The Bertz CT molecular complexity index is 1240. The monoisotopic (exact) mass is 449 g/mol. The molecule has 1 aromatic heterocycles. The Morgan fingerprint density at radius 3 is 2.38 bits per heavy atom. The molecule has 0 aliphatic rings. The summed E-state index contributed by atoms with van der Waals surface area (Å²) in [4.78, 5) is 17.5. The molecule has 1 amide bonds. The van der Waals surface area contributed by atoms with Gasteiger partial charge in [0.1, 0.15) is 17.2 Å². The number of rotatable bonds is 8. The van der Waals surface area contributed by atoms with Gasteiger partial charge in [-0.05, 0) is 48.5 Å². The summed E-state index contributed by atoms with van der Waals surface area (Å²) in [6.45, 7) is 0. The molecule has 4 aromatic rings. The number of carbonyl (C=O) groups excluding carboxylic acids is 1. The number of para-hydroxylation sites is 2. The summed E-state index contributed by atoms with van der Waals surface area (Å²) in [7, 11) is 4.77. The zero-order valence-corrected chi connectivity index (χ0v) is 18.8. The minimum Gasteiger partial charge on any atom is -0.497 e. The molecule has 0 saturated carbocycles. The zero-order valence-electron chi connectivity index (χ0n) is 18.0. The van der Waals surface area contributed by atoms with E-state index < -0.39 is 0 Å². The molecular weight excluding hydrogens is 426 g/mol. The molecule has 0 aliphatic heterocycles. The van der Waals surface area contributed by atoms with Gasteiger partial charge in [0, 0.05) is 11.8 Å². The van der Waals surface area contributed by atoms with Gasteiger partial charge in [0.15, 0.2) is 5.16 Å². The Labute approximate surface area is 190 Å². The van der Waals surface area contributed by atoms with Crippen molar-refractivity contribution in [3.63, 3.8) is 0 Å². The number of hydrogen-bond acceptors (Lipinski definition) is 6. The Balaban J connectivity index is 1.57. The van der Waals surface area contributed by atoms with Crippen molar-refractivity contribution < 1.29 is 19.0 Å². The van der Waals surface area contributed by atoms with Crippen molar-refractivity contribution in [3.8, 4) is 22.9 Å². The number of amides is 1. The van der Waals surface area contributed by atoms with E-state index in [1.54, 1.807) is 39.5 Å². The molecule has 3 aromatic carbocycles. The SMILES string of the molecule is COc1ccc(-n2c(SCC(=O)Nc3cc(OC)ccc3OC)nc3ccccc32)cc1. The van der Waals surface area contributed by atoms with Crippen LogP contribution in [0, 0.1) is 0 Å². The molecule has 0 aliphatic carbocycles. The minimum atomic E-state index is -0.171. The third kappa shape index (κ3) is 4.50. The molecule has 0 radical (unpaired) electrons. The van der Waals surface area contributed by atoms with Crippen LogP contribution in [-0.2, 0) is 4.79 Å². The minimum absolute atomic E-state index is 0.171. The first kappa shape index (κ1) is 21.6. The van der Waals surface area contributed by atoms with Gasteiger partial charge in [-0.25, -0.2) is 4.98 Å². The molecule has 0 spiro atoms. The van der Waals surface area contributed by atoms with Crippen LogP contribution >= 0.6 is 11.8 Å². The lowest BCUT2D eigenvalue weighted by Crippen LogP contribution is -2.15. The van der Waals surface area contributed by atoms with Crippen LogP contribution in [-0.4, -0.2) is 42.5 Å². The van der Waals surface area contributed by atoms with Crippen molar-refractivity contribution in [2.75, 3.05) is 32.4 Å². The van der Waals surface area contributed by atoms with E-state index in [0.717, 1.165) is 27.6 Å². The predicted octanol–water partition coefficient (Wildman–Crippen LogP) is 4.78. The van der Waals surface area contributed by atoms with Gasteiger partial charge in [-0.1, -0.05) is 23.9 Å². The van der Waals surface area contributed by atoms with Crippen LogP contribution in [0.4, 0.5) is 5.69 Å². The van der Waals surface area contributed by atoms with Crippen molar-refractivity contribution in [2.24, 2.45) is 0 Å². The van der Waals surface area contributed by atoms with Crippen molar-refractivity contribution in [1.82, 2.24) is 9.55 Å². The molecule has 7 nitrogen and oxygen atoms in total. The largest absolute Gasteiger partial charge is 0.497 e. The highest BCUT2D eigenvalue weighted by molar-refractivity contribution is 7.99. The summed E-state index contributed by atoms with van der Waals surface area (Å²) in [5, 5.41) is 3.62. The fourth-order valence-corrected chi connectivity index (χ4v) is 4.14. The average molecular weight is 450 g/mol. The Kier molecular flexibility index (Phi) is 6.51. The number of methoxy groups -OCH3 is 3. The quantitative estimate of drug-likeness (QED) is 0.390. The van der Waals surface area contributed by atoms with Gasteiger partial charge in [-0.3, -0.25) is 9.36 Å². The first-order valence-corrected chi connectivity index (χ1v) is 10.9. The topological polar surface area (TPSA) is 74.6 Å². The van der Waals surface area contributed by atoms with Gasteiger partial charge in [-0.15, -0.1) is 0 Å². The highest BCUT2D eigenvalue weighted by atomic mass is 32.2. The number of ether oxygens (including phenoxy) is 3. The summed E-state index contributed by atoms with van der Waals surface area (Å²) < 4.78 is 17.9. The maximum atomic E-state index is 12.7. The van der Waals surface area contributed by atoms with E-state index >= 15 is 0 Å². The molecule has 0 atom stereocenters. The average Bonchev–Trinajstić information content (AvgIpc) is 3.21. The number of imidazole rings is 1. The number of anilines is 1. The number of carbonyl (C=O) groups is 1. The van der Waals surface area contributed by atoms with Crippen LogP contribution in [0.3, 0.4) is 0 Å². The van der Waals surface area contributed by atoms with Crippen LogP contribution in [0.15, 0.2) is 71.9 Å². The van der Waals surface area contributed by atoms with Crippen LogP contribution in [0.5, 0.6) is 17.2 Å². The fourth-order valence-electron chi connectivity index (χ4n) is 3.31. The molecule has 164 valence electrons. The van der Waals surface area contributed by atoms with E-state index in [4.69, 9.17) is 19.2 Å². The van der Waals surface area contributed by atoms with Crippen LogP contribution in [0.1, 0.15) is 0 Å². The molecular formula is C24H23N3O4S. The second kappa shape index (κ2) is 9.65. The molecule has 4 rings (SSSR count). The predicted molar refractivity (Wildman–Crippen MR) is 127 cm³/mol. The summed E-state index contributed by atoms with van der Waals surface area (Å²) in [5.74, 6) is 1.98. The molecule has 32 heavy (non-hydrogen) atoms. The van der Waals surface area contributed by atoms with Crippen LogP contribution < -0.4 is 19.5 Å². The molecule has 1 N–H and O–H groups in total. The van der Waals surface area contributed by atoms with Gasteiger partial charge < -0.3 is 19.5 Å². The normalized spacial score (nSPS) is 10.7. The number of benzene rings is 3. The van der Waals surface area contributed by atoms with Gasteiger partial charge in [-0.2, -0.15) is 0 Å². The Morgan fingerprint density at radius 1 is 0.938 bits per heavy atom. The summed E-state index contributed by atoms with van der Waals surface area (Å²) in [6.07, 6.45) is 0. The first-order valence-electron chi connectivity index (χ1n) is 9.89. The maximum absolute atomic E-state index is 12.7. The Hall–Kier alpha value is -3.65. The molecule has 0 fully saturated rings. The molecule has 8 heteroatoms.